The van der Waals surface area contributed by atoms with Crippen LogP contribution in [-0.2, 0) is 6.42 Å². The number of rotatable bonds is 2. The third kappa shape index (κ3) is 2.98. The van der Waals surface area contributed by atoms with Crippen molar-refractivity contribution in [3.8, 4) is 0 Å². The van der Waals surface area contributed by atoms with Gasteiger partial charge in [-0.3, -0.25) is 0 Å². The molecule has 60 valence electrons. The fourth-order valence-electron chi connectivity index (χ4n) is 1.18. The van der Waals surface area contributed by atoms with Crippen LogP contribution < -0.4 is 0 Å². The highest BCUT2D eigenvalue weighted by Crippen LogP contribution is 2.08. The Bertz CT molecular complexity index is 228. The van der Waals surface area contributed by atoms with Gasteiger partial charge in [-0.2, -0.15) is 12.6 Å². The van der Waals surface area contributed by atoms with Crippen molar-refractivity contribution in [3.05, 3.63) is 35.4 Å². The summed E-state index contributed by atoms with van der Waals surface area (Å²) in [6.45, 7) is 4.23. The monoisotopic (exact) mass is 166 g/mol. The lowest BCUT2D eigenvalue weighted by Gasteiger charge is -2.04. The van der Waals surface area contributed by atoms with Crippen molar-refractivity contribution in [1.82, 2.24) is 0 Å². The van der Waals surface area contributed by atoms with Gasteiger partial charge in [-0.05, 0) is 18.9 Å². The molecule has 0 aliphatic rings. The summed E-state index contributed by atoms with van der Waals surface area (Å²) in [4.78, 5) is 0. The topological polar surface area (TPSA) is 0 Å². The van der Waals surface area contributed by atoms with Crippen molar-refractivity contribution >= 4 is 12.6 Å². The quantitative estimate of drug-likeness (QED) is 0.642. The first-order valence-corrected chi connectivity index (χ1v) is 4.44. The summed E-state index contributed by atoms with van der Waals surface area (Å²) in [7, 11) is 0. The van der Waals surface area contributed by atoms with Crippen molar-refractivity contribution in [2.24, 2.45) is 0 Å². The van der Waals surface area contributed by atoms with Gasteiger partial charge < -0.3 is 0 Å². The van der Waals surface area contributed by atoms with Crippen molar-refractivity contribution in [2.45, 2.75) is 25.5 Å². The predicted molar refractivity (Wildman–Crippen MR) is 53.3 cm³/mol. The average Bonchev–Trinajstić information content (AvgIpc) is 1.85. The van der Waals surface area contributed by atoms with Gasteiger partial charge in [0.05, 0.1) is 0 Å². The summed E-state index contributed by atoms with van der Waals surface area (Å²) in [5.74, 6) is 0. The second-order valence-corrected chi connectivity index (χ2v) is 3.92. The molecule has 1 aromatic carbocycles. The van der Waals surface area contributed by atoms with Crippen LogP contribution in [0.25, 0.3) is 0 Å². The molecule has 0 fully saturated rings. The molecule has 1 unspecified atom stereocenters. The maximum Gasteiger partial charge on any atom is 0.00288 e. The van der Waals surface area contributed by atoms with Gasteiger partial charge in [-0.15, -0.1) is 0 Å². The molecule has 1 aromatic rings. The summed E-state index contributed by atoms with van der Waals surface area (Å²) in [6.07, 6.45) is 1.06. The highest BCUT2D eigenvalue weighted by Gasteiger charge is 1.96. The lowest BCUT2D eigenvalue weighted by Crippen LogP contribution is -1.96. The largest absolute Gasteiger partial charge is 0.176 e. The van der Waals surface area contributed by atoms with Gasteiger partial charge in [0, 0.05) is 5.25 Å². The van der Waals surface area contributed by atoms with Crippen molar-refractivity contribution in [1.29, 1.82) is 0 Å². The molecule has 0 aromatic heterocycles. The molecule has 0 saturated heterocycles. The van der Waals surface area contributed by atoms with Crippen LogP contribution in [0.2, 0.25) is 0 Å². The molecular formula is C10H14S. The number of thiol groups is 1. The molecule has 0 N–H and O–H groups in total. The second-order valence-electron chi connectivity index (χ2n) is 3.04. The van der Waals surface area contributed by atoms with E-state index in [1.165, 1.54) is 11.1 Å². The van der Waals surface area contributed by atoms with Gasteiger partial charge in [0.25, 0.3) is 0 Å². The van der Waals surface area contributed by atoms with E-state index in [0.717, 1.165) is 6.42 Å². The lowest BCUT2D eigenvalue weighted by molar-refractivity contribution is 0.949. The zero-order chi connectivity index (χ0) is 8.27. The molecule has 0 nitrogen and oxygen atoms in total. The molecule has 0 spiro atoms. The number of hydrogen-bond acceptors (Lipinski definition) is 1. The Morgan fingerprint density at radius 1 is 1.45 bits per heavy atom. The van der Waals surface area contributed by atoms with Crippen LogP contribution in [0.4, 0.5) is 0 Å². The molecule has 11 heavy (non-hydrogen) atoms. The Labute approximate surface area is 74.0 Å². The van der Waals surface area contributed by atoms with Crippen molar-refractivity contribution in [2.75, 3.05) is 0 Å². The minimum atomic E-state index is 0.455. The Kier molecular flexibility index (Phi) is 3.01. The van der Waals surface area contributed by atoms with E-state index in [2.05, 4.69) is 50.7 Å². The first-order valence-electron chi connectivity index (χ1n) is 3.92. The molecule has 1 heteroatoms. The maximum atomic E-state index is 4.34. The zero-order valence-electron chi connectivity index (χ0n) is 7.04. The molecule has 1 atom stereocenters. The number of benzene rings is 1. The minimum absolute atomic E-state index is 0.455. The van der Waals surface area contributed by atoms with Gasteiger partial charge in [0.1, 0.15) is 0 Å². The third-order valence-electron chi connectivity index (χ3n) is 1.61. The summed E-state index contributed by atoms with van der Waals surface area (Å²) >= 11 is 4.34. The van der Waals surface area contributed by atoms with E-state index in [-0.39, 0.29) is 0 Å². The van der Waals surface area contributed by atoms with Crippen LogP contribution in [0.1, 0.15) is 18.1 Å². The Morgan fingerprint density at radius 3 is 2.73 bits per heavy atom. The van der Waals surface area contributed by atoms with Crippen LogP contribution >= 0.6 is 12.6 Å². The Morgan fingerprint density at radius 2 is 2.18 bits per heavy atom. The van der Waals surface area contributed by atoms with Crippen LogP contribution in [0.3, 0.4) is 0 Å². The second kappa shape index (κ2) is 3.82. The number of hydrogen-bond donors (Lipinski definition) is 1. The predicted octanol–water partition coefficient (Wildman–Crippen LogP) is 2.86. The van der Waals surface area contributed by atoms with E-state index in [0.29, 0.717) is 5.25 Å². The average molecular weight is 166 g/mol. The smallest absolute Gasteiger partial charge is 0.00288 e. The van der Waals surface area contributed by atoms with Crippen LogP contribution in [0.15, 0.2) is 24.3 Å². The van der Waals surface area contributed by atoms with Crippen molar-refractivity contribution in [3.63, 3.8) is 0 Å². The normalized spacial score (nSPS) is 13.0. The fraction of sp³-hybridized carbons (Fsp3) is 0.400. The number of aryl methyl sites for hydroxylation is 1. The SMILES string of the molecule is Cc1cccc(CC(C)S)c1. The van der Waals surface area contributed by atoms with Gasteiger partial charge in [-0.1, -0.05) is 36.8 Å². The van der Waals surface area contributed by atoms with E-state index in [4.69, 9.17) is 0 Å². The van der Waals surface area contributed by atoms with Gasteiger partial charge in [-0.25, -0.2) is 0 Å². The summed E-state index contributed by atoms with van der Waals surface area (Å²) < 4.78 is 0. The Hall–Kier alpha value is -0.430. The molecule has 0 aliphatic heterocycles. The van der Waals surface area contributed by atoms with E-state index in [9.17, 15) is 0 Å². The highest BCUT2D eigenvalue weighted by atomic mass is 32.1. The molecule has 0 saturated carbocycles. The van der Waals surface area contributed by atoms with Crippen LogP contribution in [0.5, 0.6) is 0 Å². The zero-order valence-corrected chi connectivity index (χ0v) is 7.94. The molecule has 0 bridgehead atoms. The van der Waals surface area contributed by atoms with Gasteiger partial charge in [0.2, 0.25) is 0 Å². The summed E-state index contributed by atoms with van der Waals surface area (Å²) in [6, 6.07) is 8.58. The summed E-state index contributed by atoms with van der Waals surface area (Å²) in [5, 5.41) is 0.455. The van der Waals surface area contributed by atoms with Gasteiger partial charge >= 0.3 is 0 Å². The van der Waals surface area contributed by atoms with Crippen LogP contribution in [0, 0.1) is 6.92 Å². The molecule has 0 heterocycles. The lowest BCUT2D eigenvalue weighted by atomic mass is 10.1. The van der Waals surface area contributed by atoms with E-state index >= 15 is 0 Å². The molecule has 0 aliphatic carbocycles. The van der Waals surface area contributed by atoms with E-state index in [1.54, 1.807) is 0 Å². The van der Waals surface area contributed by atoms with E-state index in [1.807, 2.05) is 0 Å². The Balaban J connectivity index is 2.71. The van der Waals surface area contributed by atoms with Gasteiger partial charge in [0.15, 0.2) is 0 Å². The van der Waals surface area contributed by atoms with Crippen LogP contribution in [-0.4, -0.2) is 5.25 Å². The molecule has 1 rings (SSSR count). The summed E-state index contributed by atoms with van der Waals surface area (Å²) in [5.41, 5.74) is 2.71. The highest BCUT2D eigenvalue weighted by molar-refractivity contribution is 7.80. The molecule has 0 radical (unpaired) electrons. The maximum absolute atomic E-state index is 4.34. The fourth-order valence-corrected chi connectivity index (χ4v) is 1.39. The molecular weight excluding hydrogens is 152 g/mol. The van der Waals surface area contributed by atoms with Crippen molar-refractivity contribution < 1.29 is 0 Å². The minimum Gasteiger partial charge on any atom is -0.176 e. The standard InChI is InChI=1S/C10H14S/c1-8-4-3-5-10(6-8)7-9(2)11/h3-6,9,11H,7H2,1-2H3. The van der Waals surface area contributed by atoms with E-state index < -0.39 is 0 Å². The first-order chi connectivity index (χ1) is 5.18. The first kappa shape index (κ1) is 8.66. The molecule has 0 amide bonds. The third-order valence-corrected chi connectivity index (χ3v) is 1.80.